The molecule has 0 bridgehead atoms. The van der Waals surface area contributed by atoms with E-state index in [1.807, 2.05) is 24.3 Å². The highest BCUT2D eigenvalue weighted by Crippen LogP contribution is 2.28. The van der Waals surface area contributed by atoms with Crippen molar-refractivity contribution in [1.82, 2.24) is 5.32 Å². The largest absolute Gasteiger partial charge is 0.331 e. The predicted molar refractivity (Wildman–Crippen MR) is 71.2 cm³/mol. The van der Waals surface area contributed by atoms with Crippen LogP contribution in [0, 0.1) is 5.92 Å². The highest BCUT2D eigenvalue weighted by Gasteiger charge is 2.29. The lowest BCUT2D eigenvalue weighted by Crippen LogP contribution is -2.35. The molecule has 1 aromatic rings. The third-order valence-electron chi connectivity index (χ3n) is 2.31. The first-order chi connectivity index (χ1) is 7.66. The minimum Gasteiger partial charge on any atom is -0.331 e. The van der Waals surface area contributed by atoms with Gasteiger partial charge in [0.1, 0.15) is 0 Å². The van der Waals surface area contributed by atoms with E-state index >= 15 is 0 Å². The highest BCUT2D eigenvalue weighted by atomic mass is 79.9. The molecule has 1 saturated carbocycles. The number of nitrogens with one attached hydrogen (secondary N) is 2. The van der Waals surface area contributed by atoms with E-state index in [1.54, 1.807) is 0 Å². The van der Waals surface area contributed by atoms with Crippen molar-refractivity contribution in [2.45, 2.75) is 12.8 Å². The van der Waals surface area contributed by atoms with Gasteiger partial charge < -0.3 is 10.6 Å². The van der Waals surface area contributed by atoms with Crippen LogP contribution in [-0.4, -0.2) is 11.0 Å². The minimum atomic E-state index is 0.0181. The van der Waals surface area contributed by atoms with Crippen LogP contribution < -0.4 is 10.6 Å². The smallest absolute Gasteiger partial charge is 0.229 e. The van der Waals surface area contributed by atoms with Gasteiger partial charge in [0.25, 0.3) is 0 Å². The third kappa shape index (κ3) is 3.02. The topological polar surface area (TPSA) is 41.1 Å². The number of anilines is 1. The normalized spacial score (nSPS) is 14.3. The average molecular weight is 299 g/mol. The van der Waals surface area contributed by atoms with Crippen molar-refractivity contribution in [3.63, 3.8) is 0 Å². The summed E-state index contributed by atoms with van der Waals surface area (Å²) in [6.07, 6.45) is 1.95. The zero-order chi connectivity index (χ0) is 11.5. The number of carbonyl (C=O) groups is 1. The van der Waals surface area contributed by atoms with Crippen LogP contribution in [-0.2, 0) is 4.79 Å². The highest BCUT2D eigenvalue weighted by molar-refractivity contribution is 9.10. The van der Waals surface area contributed by atoms with Crippen LogP contribution in [0.4, 0.5) is 5.69 Å². The lowest BCUT2D eigenvalue weighted by molar-refractivity contribution is -0.120. The summed E-state index contributed by atoms with van der Waals surface area (Å²) >= 11 is 8.45. The number of halogens is 1. The van der Waals surface area contributed by atoms with Gasteiger partial charge >= 0.3 is 0 Å². The molecule has 2 rings (SSSR count). The summed E-state index contributed by atoms with van der Waals surface area (Å²) in [5.74, 6) is 0.184. The van der Waals surface area contributed by atoms with Crippen LogP contribution >= 0.6 is 28.1 Å². The lowest BCUT2D eigenvalue weighted by atomic mass is 10.3. The molecule has 0 aliphatic heterocycles. The van der Waals surface area contributed by atoms with E-state index in [1.165, 1.54) is 0 Å². The summed E-state index contributed by atoms with van der Waals surface area (Å²) in [7, 11) is 0. The van der Waals surface area contributed by atoms with Crippen LogP contribution in [0.1, 0.15) is 12.8 Å². The molecule has 1 amide bonds. The van der Waals surface area contributed by atoms with E-state index in [-0.39, 0.29) is 11.8 Å². The van der Waals surface area contributed by atoms with Crippen LogP contribution in [0.25, 0.3) is 0 Å². The maximum absolute atomic E-state index is 11.4. The summed E-state index contributed by atoms with van der Waals surface area (Å²) in [6.45, 7) is 0. The van der Waals surface area contributed by atoms with Crippen LogP contribution in [0.3, 0.4) is 0 Å². The zero-order valence-corrected chi connectivity index (χ0v) is 10.9. The molecular weight excluding hydrogens is 288 g/mol. The Morgan fingerprint density at radius 1 is 1.38 bits per heavy atom. The Bertz CT molecular complexity index is 432. The van der Waals surface area contributed by atoms with Crippen molar-refractivity contribution >= 4 is 44.9 Å². The van der Waals surface area contributed by atoms with Crippen molar-refractivity contribution < 1.29 is 4.79 Å². The summed E-state index contributed by atoms with van der Waals surface area (Å²) in [4.78, 5) is 11.4. The summed E-state index contributed by atoms with van der Waals surface area (Å²) in [5, 5.41) is 6.01. The fraction of sp³-hybridized carbons (Fsp3) is 0.273. The van der Waals surface area contributed by atoms with Crippen LogP contribution in [0.2, 0.25) is 0 Å². The average Bonchev–Trinajstić information content (AvgIpc) is 3.04. The van der Waals surface area contributed by atoms with E-state index in [0.29, 0.717) is 5.11 Å². The number of benzene rings is 1. The van der Waals surface area contributed by atoms with Crippen molar-refractivity contribution in [1.29, 1.82) is 0 Å². The molecular formula is C11H11BrN2OS. The van der Waals surface area contributed by atoms with Crippen LogP contribution in [0.5, 0.6) is 0 Å². The van der Waals surface area contributed by atoms with E-state index in [0.717, 1.165) is 23.0 Å². The Labute approximate surface area is 108 Å². The van der Waals surface area contributed by atoms with E-state index in [9.17, 15) is 4.79 Å². The Balaban J connectivity index is 1.91. The monoisotopic (exact) mass is 298 g/mol. The van der Waals surface area contributed by atoms with Crippen molar-refractivity contribution in [3.05, 3.63) is 28.7 Å². The number of amides is 1. The molecule has 84 valence electrons. The van der Waals surface area contributed by atoms with Crippen LogP contribution in [0.15, 0.2) is 28.7 Å². The van der Waals surface area contributed by atoms with Gasteiger partial charge in [-0.3, -0.25) is 4.79 Å². The van der Waals surface area contributed by atoms with Gasteiger partial charge in [-0.25, -0.2) is 0 Å². The zero-order valence-electron chi connectivity index (χ0n) is 8.50. The number of hydrogen-bond donors (Lipinski definition) is 2. The Morgan fingerprint density at radius 2 is 2.06 bits per heavy atom. The number of thiocarbonyl (C=S) groups is 1. The molecule has 2 N–H and O–H groups in total. The standard InChI is InChI=1S/C11H11BrN2OS/c12-8-3-1-2-4-9(8)13-11(16)14-10(15)7-5-6-7/h1-4,7H,5-6H2,(H2,13,14,15,16). The maximum Gasteiger partial charge on any atom is 0.229 e. The molecule has 1 aliphatic carbocycles. The first kappa shape index (κ1) is 11.5. The number of hydrogen-bond acceptors (Lipinski definition) is 2. The van der Waals surface area contributed by atoms with Crippen molar-refractivity contribution in [2.24, 2.45) is 5.92 Å². The number of rotatable bonds is 2. The molecule has 16 heavy (non-hydrogen) atoms. The number of para-hydroxylation sites is 1. The minimum absolute atomic E-state index is 0.0181. The Kier molecular flexibility index (Phi) is 3.56. The predicted octanol–water partition coefficient (Wildman–Crippen LogP) is 2.67. The molecule has 1 aliphatic rings. The second-order valence-electron chi connectivity index (χ2n) is 3.70. The third-order valence-corrected chi connectivity index (χ3v) is 3.20. The van der Waals surface area contributed by atoms with E-state index in [4.69, 9.17) is 12.2 Å². The van der Waals surface area contributed by atoms with Gasteiger partial charge in [-0.15, -0.1) is 0 Å². The first-order valence-corrected chi connectivity index (χ1v) is 6.23. The first-order valence-electron chi connectivity index (χ1n) is 5.03. The fourth-order valence-electron chi connectivity index (χ4n) is 1.28. The molecule has 0 heterocycles. The van der Waals surface area contributed by atoms with Crippen molar-refractivity contribution in [3.8, 4) is 0 Å². The summed E-state index contributed by atoms with van der Waals surface area (Å²) < 4.78 is 0.915. The van der Waals surface area contributed by atoms with Gasteiger partial charge in [0.2, 0.25) is 5.91 Å². The van der Waals surface area contributed by atoms with Gasteiger partial charge in [-0.05, 0) is 53.1 Å². The van der Waals surface area contributed by atoms with E-state index in [2.05, 4.69) is 26.6 Å². The summed E-state index contributed by atoms with van der Waals surface area (Å²) in [5.41, 5.74) is 0.851. The second kappa shape index (κ2) is 4.93. The SMILES string of the molecule is O=C(NC(=S)Nc1ccccc1Br)C1CC1. The fourth-order valence-corrected chi connectivity index (χ4v) is 1.87. The molecule has 0 atom stereocenters. The molecule has 3 nitrogen and oxygen atoms in total. The number of carbonyl (C=O) groups excluding carboxylic acids is 1. The Hall–Kier alpha value is -0.940. The molecule has 0 spiro atoms. The molecule has 5 heteroatoms. The van der Waals surface area contributed by atoms with Gasteiger partial charge in [0.05, 0.1) is 5.69 Å². The van der Waals surface area contributed by atoms with Gasteiger partial charge in [-0.2, -0.15) is 0 Å². The molecule has 0 radical (unpaired) electrons. The maximum atomic E-state index is 11.4. The Morgan fingerprint density at radius 3 is 2.69 bits per heavy atom. The summed E-state index contributed by atoms with van der Waals surface area (Å²) in [6, 6.07) is 7.62. The molecule has 0 unspecified atom stereocenters. The lowest BCUT2D eigenvalue weighted by Gasteiger charge is -2.10. The molecule has 1 aromatic carbocycles. The molecule has 0 aromatic heterocycles. The van der Waals surface area contributed by atoms with Gasteiger partial charge in [0.15, 0.2) is 5.11 Å². The van der Waals surface area contributed by atoms with Gasteiger partial charge in [0, 0.05) is 10.4 Å². The van der Waals surface area contributed by atoms with E-state index < -0.39 is 0 Å². The van der Waals surface area contributed by atoms with Gasteiger partial charge in [-0.1, -0.05) is 12.1 Å². The molecule has 0 saturated heterocycles. The molecule has 1 fully saturated rings. The van der Waals surface area contributed by atoms with Crippen molar-refractivity contribution in [2.75, 3.05) is 5.32 Å². The quantitative estimate of drug-likeness (QED) is 0.825. The second-order valence-corrected chi connectivity index (χ2v) is 4.96.